The van der Waals surface area contributed by atoms with Gasteiger partial charge in [0.25, 0.3) is 0 Å². The number of thioether (sulfide) groups is 1. The van der Waals surface area contributed by atoms with Crippen molar-refractivity contribution in [3.63, 3.8) is 0 Å². The van der Waals surface area contributed by atoms with Crippen molar-refractivity contribution >= 4 is 22.8 Å². The highest BCUT2D eigenvalue weighted by molar-refractivity contribution is 7.99. The van der Waals surface area contributed by atoms with Crippen LogP contribution in [0.1, 0.15) is 44.5 Å². The summed E-state index contributed by atoms with van der Waals surface area (Å²) in [6, 6.07) is 17.4. The molecular weight excluding hydrogens is 350 g/mol. The van der Waals surface area contributed by atoms with E-state index in [-0.39, 0.29) is 0 Å². The van der Waals surface area contributed by atoms with Crippen LogP contribution in [0.25, 0.3) is 11.0 Å². The minimum Gasteiger partial charge on any atom is -0.327 e. The number of nitrogens with zero attached hydrogens (tertiary/aromatic N) is 2. The molecule has 2 aromatic carbocycles. The van der Waals surface area contributed by atoms with E-state index in [2.05, 4.69) is 72.3 Å². The lowest BCUT2D eigenvalue weighted by molar-refractivity contribution is 0.580. The molecule has 0 aliphatic carbocycles. The second kappa shape index (κ2) is 10.5. The standard InChI is InChI=1S/C23H31N3S/c1-3-5-15-26-22-17-20(27-16-4-2)11-12-21(22)25-23(26)18-24-14-13-19-9-7-6-8-10-19/h6-12,17,24H,3-5,13-16,18H2,1-2H3. The maximum absolute atomic E-state index is 4.92. The molecule has 0 radical (unpaired) electrons. The average molecular weight is 382 g/mol. The van der Waals surface area contributed by atoms with Crippen LogP contribution in [-0.2, 0) is 19.5 Å². The highest BCUT2D eigenvalue weighted by atomic mass is 32.2. The Morgan fingerprint density at radius 3 is 2.67 bits per heavy atom. The van der Waals surface area contributed by atoms with Crippen molar-refractivity contribution in [3.05, 3.63) is 59.9 Å². The zero-order valence-electron chi connectivity index (χ0n) is 16.6. The Morgan fingerprint density at radius 2 is 1.89 bits per heavy atom. The van der Waals surface area contributed by atoms with Gasteiger partial charge < -0.3 is 9.88 Å². The van der Waals surface area contributed by atoms with Crippen molar-refractivity contribution < 1.29 is 0 Å². The monoisotopic (exact) mass is 381 g/mol. The number of hydrogen-bond acceptors (Lipinski definition) is 3. The molecule has 0 saturated heterocycles. The molecule has 3 aromatic rings. The number of benzene rings is 2. The largest absolute Gasteiger partial charge is 0.327 e. The van der Waals surface area contributed by atoms with E-state index in [9.17, 15) is 0 Å². The third-order valence-corrected chi connectivity index (χ3v) is 5.92. The lowest BCUT2D eigenvalue weighted by Gasteiger charge is -2.10. The van der Waals surface area contributed by atoms with E-state index in [4.69, 9.17) is 4.98 Å². The molecule has 0 aliphatic rings. The molecule has 0 atom stereocenters. The lowest BCUT2D eigenvalue weighted by atomic mass is 10.1. The Morgan fingerprint density at radius 1 is 1.04 bits per heavy atom. The number of imidazole rings is 1. The summed E-state index contributed by atoms with van der Waals surface area (Å²) >= 11 is 1.94. The molecule has 0 saturated carbocycles. The molecule has 0 spiro atoms. The van der Waals surface area contributed by atoms with Crippen LogP contribution >= 0.6 is 11.8 Å². The first-order valence-electron chi connectivity index (χ1n) is 10.2. The van der Waals surface area contributed by atoms with Crippen LogP contribution in [-0.4, -0.2) is 21.8 Å². The van der Waals surface area contributed by atoms with Crippen LogP contribution in [0, 0.1) is 0 Å². The van der Waals surface area contributed by atoms with Crippen molar-refractivity contribution in [3.8, 4) is 0 Å². The van der Waals surface area contributed by atoms with Crippen molar-refractivity contribution in [2.75, 3.05) is 12.3 Å². The van der Waals surface area contributed by atoms with Crippen LogP contribution in [0.5, 0.6) is 0 Å². The molecule has 1 heterocycles. The number of hydrogen-bond donors (Lipinski definition) is 1. The molecule has 27 heavy (non-hydrogen) atoms. The second-order valence-electron chi connectivity index (χ2n) is 6.94. The summed E-state index contributed by atoms with van der Waals surface area (Å²) in [7, 11) is 0. The van der Waals surface area contributed by atoms with Gasteiger partial charge in [0, 0.05) is 11.4 Å². The molecule has 1 N–H and O–H groups in total. The van der Waals surface area contributed by atoms with Crippen molar-refractivity contribution in [1.82, 2.24) is 14.9 Å². The Hall–Kier alpha value is -1.78. The number of aromatic nitrogens is 2. The summed E-state index contributed by atoms with van der Waals surface area (Å²) in [5.74, 6) is 2.33. The third-order valence-electron chi connectivity index (χ3n) is 4.72. The first kappa shape index (κ1) is 20.0. The predicted octanol–water partition coefficient (Wildman–Crippen LogP) is 5.67. The SMILES string of the molecule is CCCCn1c(CNCCc2ccccc2)nc2ccc(SCCC)cc21. The van der Waals surface area contributed by atoms with Gasteiger partial charge in [-0.15, -0.1) is 11.8 Å². The van der Waals surface area contributed by atoms with Crippen molar-refractivity contribution in [1.29, 1.82) is 0 Å². The van der Waals surface area contributed by atoms with E-state index in [1.54, 1.807) is 0 Å². The van der Waals surface area contributed by atoms with Crippen LogP contribution in [0.2, 0.25) is 0 Å². The fourth-order valence-corrected chi connectivity index (χ4v) is 4.04. The summed E-state index contributed by atoms with van der Waals surface area (Å²) in [5.41, 5.74) is 3.78. The highest BCUT2D eigenvalue weighted by Gasteiger charge is 2.11. The summed E-state index contributed by atoms with van der Waals surface area (Å²) in [5, 5.41) is 3.59. The summed E-state index contributed by atoms with van der Waals surface area (Å²) in [4.78, 5) is 6.28. The number of aryl methyl sites for hydroxylation is 1. The van der Waals surface area contributed by atoms with Crippen LogP contribution in [0.4, 0.5) is 0 Å². The van der Waals surface area contributed by atoms with Gasteiger partial charge in [-0.25, -0.2) is 4.98 Å². The van der Waals surface area contributed by atoms with Gasteiger partial charge in [0.1, 0.15) is 5.82 Å². The van der Waals surface area contributed by atoms with Gasteiger partial charge >= 0.3 is 0 Å². The van der Waals surface area contributed by atoms with Gasteiger partial charge in [0.15, 0.2) is 0 Å². The van der Waals surface area contributed by atoms with Gasteiger partial charge in [-0.05, 0) is 55.3 Å². The number of fused-ring (bicyclic) bond motifs is 1. The van der Waals surface area contributed by atoms with Crippen molar-refractivity contribution in [2.24, 2.45) is 0 Å². The van der Waals surface area contributed by atoms with E-state index in [1.165, 1.54) is 41.0 Å². The molecule has 3 rings (SSSR count). The maximum atomic E-state index is 4.92. The van der Waals surface area contributed by atoms with Gasteiger partial charge in [-0.3, -0.25) is 0 Å². The van der Waals surface area contributed by atoms with Gasteiger partial charge in [0.05, 0.1) is 17.6 Å². The first-order chi connectivity index (χ1) is 13.3. The average Bonchev–Trinajstić information content (AvgIpc) is 3.05. The highest BCUT2D eigenvalue weighted by Crippen LogP contribution is 2.25. The molecule has 0 bridgehead atoms. The van der Waals surface area contributed by atoms with Gasteiger partial charge in [0.2, 0.25) is 0 Å². The minimum atomic E-state index is 0.822. The summed E-state index contributed by atoms with van der Waals surface area (Å²) in [6.45, 7) is 7.32. The smallest absolute Gasteiger partial charge is 0.123 e. The molecule has 1 aromatic heterocycles. The minimum absolute atomic E-state index is 0.822. The van der Waals surface area contributed by atoms with E-state index >= 15 is 0 Å². The number of nitrogens with one attached hydrogen (secondary N) is 1. The Balaban J connectivity index is 1.70. The molecule has 0 amide bonds. The summed E-state index contributed by atoms with van der Waals surface area (Å²) < 4.78 is 2.42. The molecule has 3 nitrogen and oxygen atoms in total. The van der Waals surface area contributed by atoms with E-state index in [0.29, 0.717) is 0 Å². The molecule has 4 heteroatoms. The van der Waals surface area contributed by atoms with Gasteiger partial charge in [-0.1, -0.05) is 50.6 Å². The topological polar surface area (TPSA) is 29.9 Å². The van der Waals surface area contributed by atoms with Crippen LogP contribution in [0.15, 0.2) is 53.4 Å². The maximum Gasteiger partial charge on any atom is 0.123 e. The Labute approximate surface area is 167 Å². The van der Waals surface area contributed by atoms with E-state index < -0.39 is 0 Å². The Kier molecular flexibility index (Phi) is 7.79. The van der Waals surface area contributed by atoms with Gasteiger partial charge in [-0.2, -0.15) is 0 Å². The van der Waals surface area contributed by atoms with Crippen LogP contribution < -0.4 is 5.32 Å². The lowest BCUT2D eigenvalue weighted by Crippen LogP contribution is -2.19. The number of rotatable bonds is 11. The quantitative estimate of drug-likeness (QED) is 0.343. The summed E-state index contributed by atoms with van der Waals surface area (Å²) in [6.07, 6.45) is 4.64. The second-order valence-corrected chi connectivity index (χ2v) is 8.11. The fourth-order valence-electron chi connectivity index (χ4n) is 3.24. The Bertz CT molecular complexity index is 826. The molecule has 0 unspecified atom stereocenters. The van der Waals surface area contributed by atoms with E-state index in [1.807, 2.05) is 11.8 Å². The fraction of sp³-hybridized carbons (Fsp3) is 0.435. The van der Waals surface area contributed by atoms with Crippen molar-refractivity contribution in [2.45, 2.75) is 57.5 Å². The zero-order valence-corrected chi connectivity index (χ0v) is 17.4. The molecule has 0 aliphatic heterocycles. The molecular formula is C23H31N3S. The zero-order chi connectivity index (χ0) is 18.9. The first-order valence-corrected chi connectivity index (χ1v) is 11.2. The molecule has 0 fully saturated rings. The predicted molar refractivity (Wildman–Crippen MR) is 118 cm³/mol. The number of unbranched alkanes of at least 4 members (excludes halogenated alkanes) is 1. The molecule has 144 valence electrons. The van der Waals surface area contributed by atoms with Crippen LogP contribution in [0.3, 0.4) is 0 Å². The van der Waals surface area contributed by atoms with E-state index in [0.717, 1.165) is 37.4 Å². The normalized spacial score (nSPS) is 11.3. The third kappa shape index (κ3) is 5.60.